The van der Waals surface area contributed by atoms with Gasteiger partial charge in [0.15, 0.2) is 0 Å². The number of aryl methyl sites for hydroxylation is 1. The largest absolute Gasteiger partial charge is 0.387 e. The monoisotopic (exact) mass is 338 g/mol. The number of halogens is 2. The number of benzene rings is 1. The van der Waals surface area contributed by atoms with Gasteiger partial charge in [-0.1, -0.05) is 29.3 Å². The van der Waals surface area contributed by atoms with Crippen LogP contribution in [0.5, 0.6) is 0 Å². The third-order valence-corrected chi connectivity index (χ3v) is 3.54. The Labute approximate surface area is 139 Å². The van der Waals surface area contributed by atoms with Crippen LogP contribution in [0, 0.1) is 6.92 Å². The van der Waals surface area contributed by atoms with Gasteiger partial charge in [0.1, 0.15) is 0 Å². The maximum absolute atomic E-state index is 11.9. The molecule has 1 aromatic carbocycles. The summed E-state index contributed by atoms with van der Waals surface area (Å²) in [6.45, 7) is 1.98. The van der Waals surface area contributed by atoms with Gasteiger partial charge in [0.25, 0.3) is 0 Å². The molecular weight excluding hydrogens is 323 g/mol. The number of carbonyl (C=O) groups is 1. The highest BCUT2D eigenvalue weighted by Gasteiger charge is 2.11. The zero-order chi connectivity index (χ0) is 16.1. The summed E-state index contributed by atoms with van der Waals surface area (Å²) in [5, 5.41) is 13.6. The molecule has 2 rings (SSSR count). The van der Waals surface area contributed by atoms with Gasteiger partial charge in [-0.2, -0.15) is 0 Å². The second-order valence-corrected chi connectivity index (χ2v) is 5.88. The Bertz CT molecular complexity index is 639. The molecule has 1 amide bonds. The van der Waals surface area contributed by atoms with Gasteiger partial charge in [-0.3, -0.25) is 9.78 Å². The van der Waals surface area contributed by atoms with E-state index in [9.17, 15) is 9.90 Å². The Morgan fingerprint density at radius 2 is 1.95 bits per heavy atom. The van der Waals surface area contributed by atoms with E-state index in [0.29, 0.717) is 15.6 Å². The summed E-state index contributed by atoms with van der Waals surface area (Å²) in [6.07, 6.45) is 1.02. The van der Waals surface area contributed by atoms with Gasteiger partial charge in [-0.25, -0.2) is 0 Å². The average molecular weight is 339 g/mol. The summed E-state index contributed by atoms with van der Waals surface area (Å²) in [4.78, 5) is 16.0. The highest BCUT2D eigenvalue weighted by Crippen LogP contribution is 2.23. The fraction of sp³-hybridized carbons (Fsp3) is 0.250. The minimum Gasteiger partial charge on any atom is -0.387 e. The van der Waals surface area contributed by atoms with Crippen molar-refractivity contribution in [1.82, 2.24) is 10.3 Å². The maximum Gasteiger partial charge on any atom is 0.224 e. The minimum absolute atomic E-state index is 0.0921. The van der Waals surface area contributed by atoms with Crippen LogP contribution in [-0.4, -0.2) is 22.5 Å². The summed E-state index contributed by atoms with van der Waals surface area (Å²) in [6, 6.07) is 8.53. The van der Waals surface area contributed by atoms with E-state index in [0.717, 1.165) is 11.3 Å². The highest BCUT2D eigenvalue weighted by atomic mass is 35.5. The molecule has 0 unspecified atom stereocenters. The second kappa shape index (κ2) is 7.58. The summed E-state index contributed by atoms with van der Waals surface area (Å²) >= 11 is 11.8. The van der Waals surface area contributed by atoms with E-state index in [2.05, 4.69) is 10.3 Å². The molecule has 2 N–H and O–H groups in total. The molecule has 0 aliphatic heterocycles. The number of nitrogens with zero attached hydrogens (tertiary/aromatic N) is 1. The molecule has 22 heavy (non-hydrogen) atoms. The van der Waals surface area contributed by atoms with Crippen LogP contribution < -0.4 is 5.32 Å². The van der Waals surface area contributed by atoms with Crippen LogP contribution in [0.25, 0.3) is 0 Å². The minimum atomic E-state index is -0.865. The zero-order valence-electron chi connectivity index (χ0n) is 12.0. The molecule has 0 aliphatic carbocycles. The molecule has 0 aliphatic rings. The Morgan fingerprint density at radius 1 is 1.27 bits per heavy atom. The lowest BCUT2D eigenvalue weighted by Crippen LogP contribution is -2.29. The number of nitrogens with one attached hydrogen (secondary N) is 1. The SMILES string of the molecule is Cc1ccc(CC(=O)NC[C@@H](O)c2cc(Cl)cc(Cl)c2)cn1. The first kappa shape index (κ1) is 16.7. The van der Waals surface area contributed by atoms with Crippen LogP contribution in [0.3, 0.4) is 0 Å². The standard InChI is InChI=1S/C16H16Cl2N2O2/c1-10-2-3-11(8-19-10)4-16(22)20-9-15(21)12-5-13(17)7-14(18)6-12/h2-3,5-8,15,21H,4,9H2,1H3,(H,20,22)/t15-/m1/s1. The third kappa shape index (κ3) is 4.98. The number of pyridine rings is 1. The first-order chi connectivity index (χ1) is 10.4. The average Bonchev–Trinajstić information content (AvgIpc) is 2.46. The van der Waals surface area contributed by atoms with Crippen LogP contribution >= 0.6 is 23.2 Å². The lowest BCUT2D eigenvalue weighted by Gasteiger charge is -2.13. The fourth-order valence-corrected chi connectivity index (χ4v) is 2.49. The van der Waals surface area contributed by atoms with Crippen molar-refractivity contribution in [2.45, 2.75) is 19.4 Å². The molecule has 6 heteroatoms. The van der Waals surface area contributed by atoms with Gasteiger partial charge in [0.2, 0.25) is 5.91 Å². The molecule has 1 atom stereocenters. The Hall–Kier alpha value is -1.62. The van der Waals surface area contributed by atoms with E-state index in [1.807, 2.05) is 19.1 Å². The van der Waals surface area contributed by atoms with E-state index in [1.54, 1.807) is 24.4 Å². The lowest BCUT2D eigenvalue weighted by atomic mass is 10.1. The van der Waals surface area contributed by atoms with Crippen molar-refractivity contribution in [2.75, 3.05) is 6.54 Å². The predicted octanol–water partition coefficient (Wildman–Crippen LogP) is 3.09. The summed E-state index contributed by atoms with van der Waals surface area (Å²) in [7, 11) is 0. The van der Waals surface area contributed by atoms with E-state index in [4.69, 9.17) is 23.2 Å². The zero-order valence-corrected chi connectivity index (χ0v) is 13.5. The topological polar surface area (TPSA) is 62.2 Å². The highest BCUT2D eigenvalue weighted by molar-refractivity contribution is 6.34. The fourth-order valence-electron chi connectivity index (χ4n) is 1.95. The van der Waals surface area contributed by atoms with E-state index >= 15 is 0 Å². The quantitative estimate of drug-likeness (QED) is 0.880. The van der Waals surface area contributed by atoms with Crippen LogP contribution in [0.15, 0.2) is 36.5 Å². The molecule has 0 radical (unpaired) electrons. The van der Waals surface area contributed by atoms with Crippen molar-refractivity contribution in [3.05, 3.63) is 63.4 Å². The predicted molar refractivity (Wildman–Crippen MR) is 87.1 cm³/mol. The number of carbonyl (C=O) groups excluding carboxylic acids is 1. The van der Waals surface area contributed by atoms with Crippen molar-refractivity contribution >= 4 is 29.1 Å². The first-order valence-corrected chi connectivity index (χ1v) is 7.52. The second-order valence-electron chi connectivity index (χ2n) is 5.01. The number of aromatic nitrogens is 1. The number of aliphatic hydroxyl groups excluding tert-OH is 1. The maximum atomic E-state index is 11.9. The van der Waals surface area contributed by atoms with Gasteiger partial charge in [-0.15, -0.1) is 0 Å². The van der Waals surface area contributed by atoms with Gasteiger partial charge in [0, 0.05) is 28.5 Å². The van der Waals surface area contributed by atoms with Gasteiger partial charge in [-0.05, 0) is 42.3 Å². The number of hydrogen-bond donors (Lipinski definition) is 2. The van der Waals surface area contributed by atoms with Crippen LogP contribution in [-0.2, 0) is 11.2 Å². The molecule has 0 saturated carbocycles. The number of hydrogen-bond acceptors (Lipinski definition) is 3. The molecule has 0 fully saturated rings. The lowest BCUT2D eigenvalue weighted by molar-refractivity contribution is -0.120. The molecule has 4 nitrogen and oxygen atoms in total. The van der Waals surface area contributed by atoms with Gasteiger partial charge >= 0.3 is 0 Å². The van der Waals surface area contributed by atoms with Crippen LogP contribution in [0.4, 0.5) is 0 Å². The number of rotatable bonds is 5. The van der Waals surface area contributed by atoms with E-state index < -0.39 is 6.10 Å². The Morgan fingerprint density at radius 3 is 2.55 bits per heavy atom. The third-order valence-electron chi connectivity index (χ3n) is 3.10. The van der Waals surface area contributed by atoms with E-state index in [-0.39, 0.29) is 18.9 Å². The summed E-state index contributed by atoms with van der Waals surface area (Å²) in [5.74, 6) is -0.183. The van der Waals surface area contributed by atoms with Gasteiger partial charge in [0.05, 0.1) is 12.5 Å². The molecule has 0 saturated heterocycles. The van der Waals surface area contributed by atoms with Crippen LogP contribution in [0.2, 0.25) is 10.0 Å². The molecule has 0 spiro atoms. The molecule has 0 bridgehead atoms. The van der Waals surface area contributed by atoms with Gasteiger partial charge < -0.3 is 10.4 Å². The van der Waals surface area contributed by atoms with Crippen molar-refractivity contribution in [2.24, 2.45) is 0 Å². The summed E-state index contributed by atoms with van der Waals surface area (Å²) < 4.78 is 0. The van der Waals surface area contributed by atoms with Crippen molar-refractivity contribution < 1.29 is 9.90 Å². The van der Waals surface area contributed by atoms with Crippen molar-refractivity contribution in [3.63, 3.8) is 0 Å². The summed E-state index contributed by atoms with van der Waals surface area (Å²) in [5.41, 5.74) is 2.29. The van der Waals surface area contributed by atoms with Crippen molar-refractivity contribution in [1.29, 1.82) is 0 Å². The van der Waals surface area contributed by atoms with E-state index in [1.165, 1.54) is 0 Å². The Balaban J connectivity index is 1.88. The normalized spacial score (nSPS) is 12.0. The molecule has 1 aromatic heterocycles. The Kier molecular flexibility index (Phi) is 5.77. The van der Waals surface area contributed by atoms with Crippen LogP contribution in [0.1, 0.15) is 22.9 Å². The number of aliphatic hydroxyl groups is 1. The number of amides is 1. The molecule has 1 heterocycles. The van der Waals surface area contributed by atoms with Crippen molar-refractivity contribution in [3.8, 4) is 0 Å². The molecule has 116 valence electrons. The smallest absolute Gasteiger partial charge is 0.224 e. The molecule has 2 aromatic rings. The first-order valence-electron chi connectivity index (χ1n) is 6.76. The molecular formula is C16H16Cl2N2O2.